The van der Waals surface area contributed by atoms with Gasteiger partial charge in [0.1, 0.15) is 12.2 Å². The summed E-state index contributed by atoms with van der Waals surface area (Å²) in [5.74, 6) is -3.68. The first-order valence-corrected chi connectivity index (χ1v) is 3.47. The van der Waals surface area contributed by atoms with E-state index in [1.807, 2.05) is 0 Å². The number of hydrogen-bond donors (Lipinski definition) is 6. The van der Waals surface area contributed by atoms with Gasteiger partial charge in [0.2, 0.25) is 0 Å². The predicted molar refractivity (Wildman–Crippen MR) is 49.2 cm³/mol. The molecule has 0 fully saturated rings. The van der Waals surface area contributed by atoms with E-state index in [-0.39, 0.29) is 34.4 Å². The zero-order chi connectivity index (χ0) is 11.5. The normalized spacial score (nSPS) is 17.0. The SMILES string of the molecule is O=C(O)C(O)C(O)C(O)C(O)C(=O)O.[AlH3].[Cu]. The molecule has 1 radical (unpaired) electrons. The summed E-state index contributed by atoms with van der Waals surface area (Å²) in [7, 11) is 0. The van der Waals surface area contributed by atoms with Crippen LogP contribution in [0.2, 0.25) is 0 Å². The number of hydrogen-bond acceptors (Lipinski definition) is 6. The summed E-state index contributed by atoms with van der Waals surface area (Å²) in [6.45, 7) is 0. The molecule has 0 spiro atoms. The van der Waals surface area contributed by atoms with Gasteiger partial charge in [-0.2, -0.15) is 0 Å². The van der Waals surface area contributed by atoms with Crippen LogP contribution in [-0.2, 0) is 26.7 Å². The predicted octanol–water partition coefficient (Wildman–Crippen LogP) is -4.59. The molecule has 0 aromatic heterocycles. The molecule has 0 aliphatic carbocycles. The minimum atomic E-state index is -2.36. The smallest absolute Gasteiger partial charge is 0.335 e. The van der Waals surface area contributed by atoms with Crippen molar-refractivity contribution in [3.63, 3.8) is 0 Å². The number of carboxylic acid groups (broad SMARTS) is 2. The number of aliphatic hydroxyl groups is 4. The van der Waals surface area contributed by atoms with Crippen molar-refractivity contribution in [3.8, 4) is 0 Å². The Morgan fingerprint density at radius 1 is 0.750 bits per heavy atom. The first-order valence-electron chi connectivity index (χ1n) is 3.47. The third-order valence-electron chi connectivity index (χ3n) is 1.50. The molecule has 0 heterocycles. The second-order valence-corrected chi connectivity index (χ2v) is 2.55. The molecule has 10 heteroatoms. The van der Waals surface area contributed by atoms with Gasteiger partial charge >= 0.3 is 11.9 Å². The fourth-order valence-corrected chi connectivity index (χ4v) is 0.666. The third kappa shape index (κ3) is 5.79. The number of carbonyl (C=O) groups is 2. The van der Waals surface area contributed by atoms with Crippen LogP contribution in [0.1, 0.15) is 0 Å². The van der Waals surface area contributed by atoms with Gasteiger partial charge < -0.3 is 30.6 Å². The van der Waals surface area contributed by atoms with Crippen molar-refractivity contribution in [2.75, 3.05) is 0 Å². The maximum atomic E-state index is 10.1. The van der Waals surface area contributed by atoms with Crippen LogP contribution in [-0.4, -0.2) is 84.4 Å². The van der Waals surface area contributed by atoms with Crippen molar-refractivity contribution in [2.45, 2.75) is 24.4 Å². The Morgan fingerprint density at radius 3 is 1.06 bits per heavy atom. The Balaban J connectivity index is -0.000000845. The van der Waals surface area contributed by atoms with E-state index in [2.05, 4.69) is 0 Å². The Morgan fingerprint density at radius 2 is 0.938 bits per heavy atom. The Labute approximate surface area is 111 Å². The molecule has 8 nitrogen and oxygen atoms in total. The quantitative estimate of drug-likeness (QED) is 0.277. The molecule has 0 aromatic rings. The zero-order valence-corrected chi connectivity index (χ0v) is 8.05. The molecule has 0 saturated carbocycles. The molecule has 4 atom stereocenters. The van der Waals surface area contributed by atoms with Crippen molar-refractivity contribution < 1.29 is 57.3 Å². The van der Waals surface area contributed by atoms with E-state index in [1.165, 1.54) is 0 Å². The molecule has 0 bridgehead atoms. The van der Waals surface area contributed by atoms with Gasteiger partial charge in [-0.15, -0.1) is 0 Å². The third-order valence-corrected chi connectivity index (χ3v) is 1.50. The molecule has 0 aliphatic rings. The summed E-state index contributed by atoms with van der Waals surface area (Å²) < 4.78 is 0. The molecule has 0 saturated heterocycles. The molecule has 6 N–H and O–H groups in total. The maximum Gasteiger partial charge on any atom is 0.335 e. The number of aliphatic carboxylic acids is 2. The van der Waals surface area contributed by atoms with Crippen LogP contribution in [0.15, 0.2) is 0 Å². The number of rotatable bonds is 5. The summed E-state index contributed by atoms with van der Waals surface area (Å²) in [4.78, 5) is 20.2. The molecule has 4 unspecified atom stereocenters. The summed E-state index contributed by atoms with van der Waals surface area (Å²) in [6.07, 6.45) is -9.28. The van der Waals surface area contributed by atoms with Gasteiger partial charge in [0.25, 0.3) is 0 Å². The molecule has 0 amide bonds. The van der Waals surface area contributed by atoms with Gasteiger partial charge in [0, 0.05) is 17.1 Å². The minimum Gasteiger partial charge on any atom is -0.479 e. The van der Waals surface area contributed by atoms with Gasteiger partial charge in [-0.3, -0.25) is 0 Å². The Kier molecular flexibility index (Phi) is 11.8. The molecule has 0 aliphatic heterocycles. The largest absolute Gasteiger partial charge is 0.479 e. The van der Waals surface area contributed by atoms with E-state index in [9.17, 15) is 9.59 Å². The van der Waals surface area contributed by atoms with Crippen LogP contribution in [0.5, 0.6) is 0 Å². The van der Waals surface area contributed by atoms with Crippen molar-refractivity contribution in [2.24, 2.45) is 0 Å². The fourth-order valence-electron chi connectivity index (χ4n) is 0.666. The Hall–Kier alpha value is -0.168. The second kappa shape index (κ2) is 8.92. The van der Waals surface area contributed by atoms with Crippen LogP contribution < -0.4 is 0 Å². The summed E-state index contributed by atoms with van der Waals surface area (Å²) in [5.41, 5.74) is 0. The molecule has 16 heavy (non-hydrogen) atoms. The topological polar surface area (TPSA) is 156 Å². The first-order chi connectivity index (χ1) is 6.29. The van der Waals surface area contributed by atoms with E-state index in [1.54, 1.807) is 0 Å². The number of aliphatic hydroxyl groups excluding tert-OH is 4. The monoisotopic (exact) mass is 303 g/mol. The van der Waals surface area contributed by atoms with Crippen molar-refractivity contribution in [1.29, 1.82) is 0 Å². The zero-order valence-electron chi connectivity index (χ0n) is 7.11. The molecule has 0 rings (SSSR count). The minimum absolute atomic E-state index is 0. The van der Waals surface area contributed by atoms with Crippen LogP contribution >= 0.6 is 0 Å². The molecular formula is C6H13AlCuO8. The second-order valence-electron chi connectivity index (χ2n) is 2.55. The number of carboxylic acids is 2. The average Bonchev–Trinajstić information content (AvgIpc) is 2.12. The first kappa shape index (κ1) is 21.2. The van der Waals surface area contributed by atoms with Gasteiger partial charge in [0.05, 0.1) is 0 Å². The van der Waals surface area contributed by atoms with Gasteiger partial charge in [0.15, 0.2) is 29.6 Å². The van der Waals surface area contributed by atoms with Crippen molar-refractivity contribution in [3.05, 3.63) is 0 Å². The van der Waals surface area contributed by atoms with Gasteiger partial charge in [-0.25, -0.2) is 9.59 Å². The Bertz CT molecular complexity index is 213. The fraction of sp³-hybridized carbons (Fsp3) is 0.667. The van der Waals surface area contributed by atoms with Gasteiger partial charge in [-0.05, 0) is 0 Å². The summed E-state index contributed by atoms with van der Waals surface area (Å²) in [5, 5.41) is 51.5. The maximum absolute atomic E-state index is 10.1. The van der Waals surface area contributed by atoms with Crippen molar-refractivity contribution in [1.82, 2.24) is 0 Å². The summed E-state index contributed by atoms with van der Waals surface area (Å²) >= 11 is 0. The van der Waals surface area contributed by atoms with Crippen molar-refractivity contribution >= 4 is 29.3 Å². The van der Waals surface area contributed by atoms with E-state index in [0.717, 1.165) is 0 Å². The van der Waals surface area contributed by atoms with E-state index in [0.29, 0.717) is 0 Å². The van der Waals surface area contributed by atoms with Crippen LogP contribution in [0, 0.1) is 0 Å². The van der Waals surface area contributed by atoms with Crippen LogP contribution in [0.3, 0.4) is 0 Å². The van der Waals surface area contributed by atoms with E-state index in [4.69, 9.17) is 30.6 Å². The van der Waals surface area contributed by atoms with Crippen LogP contribution in [0.25, 0.3) is 0 Å². The average molecular weight is 304 g/mol. The molecular weight excluding hydrogens is 291 g/mol. The van der Waals surface area contributed by atoms with Crippen LogP contribution in [0.4, 0.5) is 0 Å². The molecule has 0 aromatic carbocycles. The summed E-state index contributed by atoms with van der Waals surface area (Å²) in [6, 6.07) is 0. The molecule has 99 valence electrons. The van der Waals surface area contributed by atoms with Gasteiger partial charge in [-0.1, -0.05) is 0 Å². The standard InChI is InChI=1S/C6H10O8.Al.Cu.3H/c7-1(3(9)5(11)12)2(8)4(10)6(13)14;;;;;/h1-4,7-10H,(H,11,12)(H,13,14);;;;;. The van der Waals surface area contributed by atoms with E-state index >= 15 is 0 Å². The van der Waals surface area contributed by atoms with E-state index < -0.39 is 36.4 Å².